The molecule has 86 heavy (non-hydrogen) atoms. The monoisotopic (exact) mass is 1230 g/mol. The molecule has 2 heterocycles. The van der Waals surface area contributed by atoms with Gasteiger partial charge in [-0.3, -0.25) is 4.79 Å². The summed E-state index contributed by atoms with van der Waals surface area (Å²) in [4.78, 5) is 13.4. The number of unbranched alkanes of at least 4 members (excludes halogenated alkanes) is 50. The Hall–Kier alpha value is -1.01. The molecule has 512 valence electrons. The molecule has 0 aliphatic carbocycles. The second-order valence-electron chi connectivity index (χ2n) is 26.8. The predicted molar refractivity (Wildman–Crippen MR) is 351 cm³/mol. The Bertz CT molecular complexity index is 1450. The van der Waals surface area contributed by atoms with Crippen LogP contribution in [0.4, 0.5) is 0 Å². The van der Waals surface area contributed by atoms with Crippen LogP contribution in [-0.4, -0.2) is 140 Å². The number of carbonyl (C=O) groups excluding carboxylic acids is 1. The van der Waals surface area contributed by atoms with Crippen molar-refractivity contribution < 1.29 is 64.6 Å². The molecule has 9 N–H and O–H groups in total. The quantitative estimate of drug-likeness (QED) is 0.0259. The minimum absolute atomic E-state index is 0.196. The van der Waals surface area contributed by atoms with Crippen molar-refractivity contribution in [2.75, 3.05) is 19.8 Å². The van der Waals surface area contributed by atoms with Crippen molar-refractivity contribution in [1.82, 2.24) is 5.32 Å². The standard InChI is InChI=1S/C72H141NO13/c1-3-5-7-9-11-13-15-17-19-21-23-25-27-29-30-31-32-34-36-38-40-42-44-46-48-50-52-54-56-64(77)73-60(59-83-71-69(82)67(80)70(63(58-75)85-71)86-72-68(81)66(79)65(78)62(57-74)84-72)61(76)55-53-51-49-47-45-43-41-39-37-35-33-28-26-24-22-20-18-16-14-12-10-8-6-4-2/h60-63,65-72,74-76,78-82H,3-59H2,1-2H3,(H,73,77). The lowest BCUT2D eigenvalue weighted by Gasteiger charge is -2.46. The van der Waals surface area contributed by atoms with E-state index in [4.69, 9.17) is 18.9 Å². The van der Waals surface area contributed by atoms with Crippen LogP contribution in [0.1, 0.15) is 361 Å². The molecule has 0 saturated carbocycles. The highest BCUT2D eigenvalue weighted by atomic mass is 16.7. The summed E-state index contributed by atoms with van der Waals surface area (Å²) >= 11 is 0. The van der Waals surface area contributed by atoms with Crippen molar-refractivity contribution in [3.63, 3.8) is 0 Å². The van der Waals surface area contributed by atoms with Crippen molar-refractivity contribution in [3.8, 4) is 0 Å². The summed E-state index contributed by atoms with van der Waals surface area (Å²) in [6.45, 7) is 2.94. The molecule has 2 aliphatic rings. The third kappa shape index (κ3) is 41.5. The van der Waals surface area contributed by atoms with E-state index in [1.807, 2.05) is 0 Å². The Labute approximate surface area is 527 Å². The van der Waals surface area contributed by atoms with Crippen LogP contribution < -0.4 is 5.32 Å². The molecule has 2 rings (SSSR count). The Balaban J connectivity index is 1.64. The summed E-state index contributed by atoms with van der Waals surface area (Å²) in [6.07, 6.45) is 52.7. The Morgan fingerprint density at radius 2 is 0.663 bits per heavy atom. The van der Waals surface area contributed by atoms with Gasteiger partial charge >= 0.3 is 0 Å². The van der Waals surface area contributed by atoms with Crippen molar-refractivity contribution in [3.05, 3.63) is 0 Å². The average Bonchev–Trinajstić information content (AvgIpc) is 2.54. The van der Waals surface area contributed by atoms with Gasteiger partial charge in [-0.15, -0.1) is 0 Å². The lowest BCUT2D eigenvalue weighted by molar-refractivity contribution is -0.359. The van der Waals surface area contributed by atoms with Gasteiger partial charge in [0.2, 0.25) is 5.91 Å². The summed E-state index contributed by atoms with van der Waals surface area (Å²) in [5, 5.41) is 87.7. The number of nitrogens with one attached hydrogen (secondary N) is 1. The molecule has 14 heteroatoms. The second-order valence-corrected chi connectivity index (χ2v) is 26.8. The molecule has 14 nitrogen and oxygen atoms in total. The zero-order valence-corrected chi connectivity index (χ0v) is 55.9. The second kappa shape index (κ2) is 57.9. The van der Waals surface area contributed by atoms with E-state index in [-0.39, 0.29) is 12.5 Å². The number of hydrogen-bond donors (Lipinski definition) is 9. The van der Waals surface area contributed by atoms with Gasteiger partial charge in [0.1, 0.15) is 48.8 Å². The highest BCUT2D eigenvalue weighted by Crippen LogP contribution is 2.30. The maximum absolute atomic E-state index is 13.4. The average molecular weight is 1230 g/mol. The largest absolute Gasteiger partial charge is 0.394 e. The van der Waals surface area contributed by atoms with Crippen LogP contribution in [0.5, 0.6) is 0 Å². The predicted octanol–water partition coefficient (Wildman–Crippen LogP) is 15.6. The number of rotatable bonds is 63. The maximum atomic E-state index is 13.4. The lowest BCUT2D eigenvalue weighted by atomic mass is 9.97. The molecule has 12 atom stereocenters. The van der Waals surface area contributed by atoms with Crippen LogP contribution >= 0.6 is 0 Å². The fraction of sp³-hybridized carbons (Fsp3) is 0.986. The third-order valence-electron chi connectivity index (χ3n) is 18.8. The SMILES string of the molecule is CCCCCCCCCCCCCCCCCCCCCCCCCCCCCCC(=O)NC(COC1OC(CO)C(OC2OC(CO)C(O)C(O)C2O)C(O)C1O)C(O)CCCCCCCCCCCCCCCCCCCCCCCCCC. The fourth-order valence-electron chi connectivity index (χ4n) is 12.9. The molecule has 0 aromatic carbocycles. The molecule has 0 aromatic rings. The zero-order chi connectivity index (χ0) is 62.3. The molecule has 12 unspecified atom stereocenters. The van der Waals surface area contributed by atoms with Crippen LogP contribution in [0.25, 0.3) is 0 Å². The molecule has 0 aromatic heterocycles. The lowest BCUT2D eigenvalue weighted by Crippen LogP contribution is -2.65. The topological polar surface area (TPSA) is 228 Å². The number of hydrogen-bond acceptors (Lipinski definition) is 13. The van der Waals surface area contributed by atoms with E-state index in [0.717, 1.165) is 51.4 Å². The van der Waals surface area contributed by atoms with Crippen molar-refractivity contribution in [1.29, 1.82) is 0 Å². The van der Waals surface area contributed by atoms with Gasteiger partial charge in [0, 0.05) is 6.42 Å². The Morgan fingerprint density at radius 1 is 0.372 bits per heavy atom. The van der Waals surface area contributed by atoms with E-state index >= 15 is 0 Å². The minimum Gasteiger partial charge on any atom is -0.394 e. The molecular weight excluding hydrogens is 1090 g/mol. The van der Waals surface area contributed by atoms with Gasteiger partial charge in [-0.05, 0) is 12.8 Å². The van der Waals surface area contributed by atoms with E-state index in [1.54, 1.807) is 0 Å². The van der Waals surface area contributed by atoms with Crippen molar-refractivity contribution >= 4 is 5.91 Å². The molecule has 0 radical (unpaired) electrons. The van der Waals surface area contributed by atoms with E-state index in [0.29, 0.717) is 12.8 Å². The number of aliphatic hydroxyl groups is 8. The van der Waals surface area contributed by atoms with Gasteiger partial charge < -0.3 is 65.1 Å². The molecule has 1 amide bonds. The first-order valence-corrected chi connectivity index (χ1v) is 37.3. The zero-order valence-electron chi connectivity index (χ0n) is 55.9. The highest BCUT2D eigenvalue weighted by molar-refractivity contribution is 5.76. The fourth-order valence-corrected chi connectivity index (χ4v) is 12.9. The summed E-state index contributed by atoms with van der Waals surface area (Å²) in [7, 11) is 0. The number of aliphatic hydroxyl groups excluding tert-OH is 8. The van der Waals surface area contributed by atoms with Gasteiger partial charge in [0.15, 0.2) is 12.6 Å². The van der Waals surface area contributed by atoms with E-state index in [1.165, 1.54) is 283 Å². The van der Waals surface area contributed by atoms with Crippen LogP contribution in [0, 0.1) is 0 Å². The normalized spacial score (nSPS) is 23.3. The van der Waals surface area contributed by atoms with Crippen LogP contribution in [0.2, 0.25) is 0 Å². The van der Waals surface area contributed by atoms with Gasteiger partial charge in [-0.1, -0.05) is 341 Å². The molecule has 2 saturated heterocycles. The van der Waals surface area contributed by atoms with Gasteiger partial charge in [-0.25, -0.2) is 0 Å². The summed E-state index contributed by atoms with van der Waals surface area (Å²) in [5.41, 5.74) is 0. The first-order chi connectivity index (χ1) is 42.1. The molecular formula is C72H141NO13. The van der Waals surface area contributed by atoms with Crippen LogP contribution in [-0.2, 0) is 23.7 Å². The van der Waals surface area contributed by atoms with Crippen LogP contribution in [0.15, 0.2) is 0 Å². The Morgan fingerprint density at radius 3 is 0.988 bits per heavy atom. The van der Waals surface area contributed by atoms with Crippen molar-refractivity contribution in [2.45, 2.75) is 434 Å². The maximum Gasteiger partial charge on any atom is 0.220 e. The van der Waals surface area contributed by atoms with Crippen LogP contribution in [0.3, 0.4) is 0 Å². The highest BCUT2D eigenvalue weighted by Gasteiger charge is 2.51. The molecule has 0 spiro atoms. The van der Waals surface area contributed by atoms with E-state index < -0.39 is 86.8 Å². The van der Waals surface area contributed by atoms with E-state index in [9.17, 15) is 45.6 Å². The number of amides is 1. The molecule has 2 fully saturated rings. The van der Waals surface area contributed by atoms with Gasteiger partial charge in [-0.2, -0.15) is 0 Å². The third-order valence-corrected chi connectivity index (χ3v) is 18.8. The minimum atomic E-state index is -1.78. The number of ether oxygens (including phenoxy) is 4. The number of carbonyl (C=O) groups is 1. The Kier molecular flexibility index (Phi) is 54.5. The molecule has 2 aliphatic heterocycles. The first kappa shape index (κ1) is 81.1. The summed E-state index contributed by atoms with van der Waals surface area (Å²) < 4.78 is 23.0. The van der Waals surface area contributed by atoms with Crippen molar-refractivity contribution in [2.24, 2.45) is 0 Å². The smallest absolute Gasteiger partial charge is 0.220 e. The summed E-state index contributed by atoms with van der Waals surface area (Å²) in [6, 6.07) is -0.825. The summed E-state index contributed by atoms with van der Waals surface area (Å²) in [5.74, 6) is -0.196. The van der Waals surface area contributed by atoms with Gasteiger partial charge in [0.05, 0.1) is 32.0 Å². The van der Waals surface area contributed by atoms with E-state index in [2.05, 4.69) is 19.2 Å². The van der Waals surface area contributed by atoms with Gasteiger partial charge in [0.25, 0.3) is 0 Å². The molecule has 0 bridgehead atoms. The first-order valence-electron chi connectivity index (χ1n) is 37.3.